The van der Waals surface area contributed by atoms with Crippen LogP contribution in [0.3, 0.4) is 0 Å². The second-order valence-electron chi connectivity index (χ2n) is 5.88. The number of aromatic amines is 1. The monoisotopic (exact) mass is 393 g/mol. The summed E-state index contributed by atoms with van der Waals surface area (Å²) >= 11 is 0. The zero-order valence-corrected chi connectivity index (χ0v) is 16.2. The fourth-order valence-electron chi connectivity index (χ4n) is 2.08. The van der Waals surface area contributed by atoms with Gasteiger partial charge in [0.05, 0.1) is 31.2 Å². The molecule has 2 N–H and O–H groups in total. The number of rotatable bonds is 12. The molecule has 0 aliphatic rings. The van der Waals surface area contributed by atoms with E-state index >= 15 is 0 Å². The lowest BCUT2D eigenvalue weighted by atomic mass is 10.3. The van der Waals surface area contributed by atoms with E-state index in [2.05, 4.69) is 9.71 Å². The summed E-state index contributed by atoms with van der Waals surface area (Å²) in [7, 11) is -0.633. The molecular formula is C15H27N3O7S. The lowest BCUT2D eigenvalue weighted by Gasteiger charge is -2.26. The molecule has 0 fully saturated rings. The number of ether oxygens (including phenoxy) is 3. The van der Waals surface area contributed by atoms with Crippen LogP contribution in [0.5, 0.6) is 0 Å². The van der Waals surface area contributed by atoms with Gasteiger partial charge in [-0.2, -0.15) is 0 Å². The van der Waals surface area contributed by atoms with E-state index in [0.717, 1.165) is 0 Å². The molecule has 0 aliphatic heterocycles. The Kier molecular flexibility index (Phi) is 9.16. The number of hydrogen-bond acceptors (Lipinski definition) is 7. The Labute approximate surface area is 152 Å². The fraction of sp³-hybridized carbons (Fsp3) is 0.733. The molecule has 0 amide bonds. The van der Waals surface area contributed by atoms with E-state index in [1.54, 1.807) is 0 Å². The first-order valence-electron chi connectivity index (χ1n) is 8.17. The Morgan fingerprint density at radius 2 is 1.96 bits per heavy atom. The molecule has 26 heavy (non-hydrogen) atoms. The third-order valence-corrected chi connectivity index (χ3v) is 4.85. The lowest BCUT2D eigenvalue weighted by Crippen LogP contribution is -2.38. The van der Waals surface area contributed by atoms with Crippen molar-refractivity contribution in [2.45, 2.75) is 38.7 Å². The highest BCUT2D eigenvalue weighted by atomic mass is 32.2. The van der Waals surface area contributed by atoms with E-state index in [4.69, 9.17) is 14.2 Å². The van der Waals surface area contributed by atoms with Gasteiger partial charge in [0.2, 0.25) is 10.0 Å². The zero-order valence-electron chi connectivity index (χ0n) is 15.4. The molecular weight excluding hydrogens is 366 g/mol. The number of aromatic nitrogens is 2. The van der Waals surface area contributed by atoms with Gasteiger partial charge in [0.25, 0.3) is 5.56 Å². The number of sulfonamides is 1. The summed E-state index contributed by atoms with van der Waals surface area (Å²) < 4.78 is 43.3. The summed E-state index contributed by atoms with van der Waals surface area (Å²) in [6.45, 7) is 3.87. The van der Waals surface area contributed by atoms with Crippen molar-refractivity contribution in [1.82, 2.24) is 14.3 Å². The summed E-state index contributed by atoms with van der Waals surface area (Å²) in [5.74, 6) is -0.157. The van der Waals surface area contributed by atoms with E-state index in [-0.39, 0.29) is 31.5 Å². The third kappa shape index (κ3) is 7.79. The van der Waals surface area contributed by atoms with Crippen molar-refractivity contribution >= 4 is 10.0 Å². The number of nitrogens with zero attached hydrogens (tertiary/aromatic N) is 1. The highest BCUT2D eigenvalue weighted by Crippen LogP contribution is 2.14. The molecule has 0 aliphatic carbocycles. The van der Waals surface area contributed by atoms with Crippen molar-refractivity contribution in [2.75, 3.05) is 33.1 Å². The quantitative estimate of drug-likeness (QED) is 0.487. The van der Waals surface area contributed by atoms with Crippen LogP contribution in [0.1, 0.15) is 26.5 Å². The molecule has 0 unspecified atom stereocenters. The van der Waals surface area contributed by atoms with E-state index in [9.17, 15) is 18.0 Å². The Morgan fingerprint density at radius 1 is 1.27 bits per heavy atom. The average molecular weight is 393 g/mol. The molecule has 10 nitrogen and oxygen atoms in total. The smallest absolute Gasteiger partial charge is 0.330 e. The average Bonchev–Trinajstić information content (AvgIpc) is 2.56. The summed E-state index contributed by atoms with van der Waals surface area (Å²) in [5.41, 5.74) is -1.17. The van der Waals surface area contributed by atoms with Crippen LogP contribution < -0.4 is 16.0 Å². The van der Waals surface area contributed by atoms with Crippen molar-refractivity contribution in [2.24, 2.45) is 0 Å². The van der Waals surface area contributed by atoms with Crippen LogP contribution in [0.15, 0.2) is 21.9 Å². The SMILES string of the molecule is CNS(=O)(=O)CC[C@H](COC(C)C)O[C@H](COC)n1ccc(=O)[nH]c1=O. The van der Waals surface area contributed by atoms with Crippen LogP contribution >= 0.6 is 0 Å². The van der Waals surface area contributed by atoms with Crippen molar-refractivity contribution < 1.29 is 22.6 Å². The Balaban J connectivity index is 2.97. The highest BCUT2D eigenvalue weighted by molar-refractivity contribution is 7.89. The summed E-state index contributed by atoms with van der Waals surface area (Å²) in [4.78, 5) is 25.4. The van der Waals surface area contributed by atoms with Gasteiger partial charge in [-0.25, -0.2) is 17.9 Å². The van der Waals surface area contributed by atoms with Crippen molar-refractivity contribution in [1.29, 1.82) is 0 Å². The Bertz CT molecular complexity index is 757. The van der Waals surface area contributed by atoms with Crippen molar-refractivity contribution in [3.63, 3.8) is 0 Å². The fourth-order valence-corrected chi connectivity index (χ4v) is 2.86. The Morgan fingerprint density at radius 3 is 2.50 bits per heavy atom. The van der Waals surface area contributed by atoms with Crippen LogP contribution in [0, 0.1) is 0 Å². The van der Waals surface area contributed by atoms with Crippen LogP contribution in [-0.4, -0.2) is 63.3 Å². The first-order valence-corrected chi connectivity index (χ1v) is 9.82. The molecule has 0 spiro atoms. The predicted molar refractivity (Wildman–Crippen MR) is 95.7 cm³/mol. The van der Waals surface area contributed by atoms with Gasteiger partial charge in [-0.05, 0) is 27.3 Å². The molecule has 1 rings (SSSR count). The van der Waals surface area contributed by atoms with Gasteiger partial charge in [0.15, 0.2) is 6.23 Å². The molecule has 1 aromatic rings. The molecule has 11 heteroatoms. The molecule has 2 atom stereocenters. The van der Waals surface area contributed by atoms with Crippen molar-refractivity contribution in [3.8, 4) is 0 Å². The van der Waals surface area contributed by atoms with Gasteiger partial charge in [-0.1, -0.05) is 0 Å². The van der Waals surface area contributed by atoms with E-state index in [0.29, 0.717) is 0 Å². The van der Waals surface area contributed by atoms with Crippen LogP contribution in [0.2, 0.25) is 0 Å². The maximum absolute atomic E-state index is 12.0. The third-order valence-electron chi connectivity index (χ3n) is 3.46. The molecule has 0 saturated heterocycles. The van der Waals surface area contributed by atoms with Gasteiger partial charge in [-0.3, -0.25) is 14.3 Å². The van der Waals surface area contributed by atoms with Crippen LogP contribution in [0.4, 0.5) is 0 Å². The Hall–Kier alpha value is -1.53. The normalized spacial score (nSPS) is 14.5. The first-order chi connectivity index (χ1) is 12.2. The molecule has 0 bridgehead atoms. The number of H-pyrrole nitrogens is 1. The molecule has 150 valence electrons. The van der Waals surface area contributed by atoms with E-state index < -0.39 is 33.6 Å². The topological polar surface area (TPSA) is 129 Å². The molecule has 1 aromatic heterocycles. The number of hydrogen-bond donors (Lipinski definition) is 2. The molecule has 0 aromatic carbocycles. The largest absolute Gasteiger partial charge is 0.380 e. The minimum Gasteiger partial charge on any atom is -0.380 e. The molecule has 0 saturated carbocycles. The summed E-state index contributed by atoms with van der Waals surface area (Å²) in [5, 5.41) is 0. The maximum Gasteiger partial charge on any atom is 0.330 e. The van der Waals surface area contributed by atoms with E-state index in [1.807, 2.05) is 13.8 Å². The highest BCUT2D eigenvalue weighted by Gasteiger charge is 2.22. The second kappa shape index (κ2) is 10.6. The minimum atomic E-state index is -3.41. The van der Waals surface area contributed by atoms with Crippen molar-refractivity contribution in [3.05, 3.63) is 33.1 Å². The van der Waals surface area contributed by atoms with Crippen LogP contribution in [-0.2, 0) is 24.2 Å². The van der Waals surface area contributed by atoms with Gasteiger partial charge in [-0.15, -0.1) is 0 Å². The minimum absolute atomic E-state index is 0.0307. The lowest BCUT2D eigenvalue weighted by molar-refractivity contribution is -0.120. The molecule has 1 heterocycles. The van der Waals surface area contributed by atoms with E-state index in [1.165, 1.54) is 31.0 Å². The van der Waals surface area contributed by atoms with Crippen LogP contribution in [0.25, 0.3) is 0 Å². The summed E-state index contributed by atoms with van der Waals surface area (Å²) in [6, 6.07) is 1.19. The number of methoxy groups -OCH3 is 1. The zero-order chi connectivity index (χ0) is 19.7. The number of nitrogens with one attached hydrogen (secondary N) is 2. The second-order valence-corrected chi connectivity index (χ2v) is 7.93. The predicted octanol–water partition coefficient (Wildman–Crippen LogP) is -0.569. The van der Waals surface area contributed by atoms with Gasteiger partial charge in [0, 0.05) is 19.4 Å². The van der Waals surface area contributed by atoms with Gasteiger partial charge in [0.1, 0.15) is 0 Å². The standard InChI is InChI=1S/C15H27N3O7S/c1-11(2)24-9-12(6-8-26(21,22)16-3)25-14(10-23-4)18-7-5-13(19)17-15(18)20/h5,7,11-12,14,16H,6,8-10H2,1-4H3,(H,17,19,20)/t12-,14-/m1/s1. The maximum atomic E-state index is 12.0. The van der Waals surface area contributed by atoms with Gasteiger partial charge >= 0.3 is 5.69 Å². The summed E-state index contributed by atoms with van der Waals surface area (Å²) in [6.07, 6.45) is -0.0513. The first kappa shape index (κ1) is 22.5. The molecule has 0 radical (unpaired) electrons. The van der Waals surface area contributed by atoms with Gasteiger partial charge < -0.3 is 14.2 Å².